The molecule has 0 radical (unpaired) electrons. The van der Waals surface area contributed by atoms with E-state index in [1.807, 2.05) is 67.7 Å². The zero-order valence-electron chi connectivity index (χ0n) is 15.9. The average Bonchev–Trinajstić information content (AvgIpc) is 2.71. The van der Waals surface area contributed by atoms with Gasteiger partial charge in [-0.3, -0.25) is 0 Å². The molecule has 0 fully saturated rings. The monoisotopic (exact) mass is 369 g/mol. The van der Waals surface area contributed by atoms with Gasteiger partial charge in [0, 0.05) is 26.6 Å². The highest BCUT2D eigenvalue weighted by Crippen LogP contribution is 2.08. The van der Waals surface area contributed by atoms with Crippen molar-refractivity contribution in [1.29, 1.82) is 0 Å². The molecular weight excluding hydrogens is 342 g/mol. The summed E-state index contributed by atoms with van der Waals surface area (Å²) in [6, 6.07) is 18.0. The standard InChI is InChI=1S/C21H27N3O3/c1-22-13-14-24(2)21(26)23-19(15-17-9-5-3-6-10-17)20(25)27-16-18-11-7-4-8-12-18/h3-12,19,22H,13-16H2,1-2H3,(H,23,26)/t19-/m0/s1. The van der Waals surface area contributed by atoms with E-state index in [9.17, 15) is 9.59 Å². The molecule has 0 heterocycles. The maximum Gasteiger partial charge on any atom is 0.329 e. The summed E-state index contributed by atoms with van der Waals surface area (Å²) in [7, 11) is 3.52. The lowest BCUT2D eigenvalue weighted by molar-refractivity contribution is -0.147. The van der Waals surface area contributed by atoms with Crippen LogP contribution in [-0.2, 0) is 22.6 Å². The fourth-order valence-corrected chi connectivity index (χ4v) is 2.51. The van der Waals surface area contributed by atoms with E-state index in [0.29, 0.717) is 19.5 Å². The number of carbonyl (C=O) groups excluding carboxylic acids is 2. The number of nitrogens with zero attached hydrogens (tertiary/aromatic N) is 1. The second-order valence-corrected chi connectivity index (χ2v) is 6.31. The molecular formula is C21H27N3O3. The molecule has 2 aromatic carbocycles. The number of esters is 1. The van der Waals surface area contributed by atoms with Crippen LogP contribution in [0.2, 0.25) is 0 Å². The van der Waals surface area contributed by atoms with Gasteiger partial charge in [0.25, 0.3) is 0 Å². The van der Waals surface area contributed by atoms with Crippen molar-refractivity contribution in [2.45, 2.75) is 19.1 Å². The highest BCUT2D eigenvalue weighted by atomic mass is 16.5. The van der Waals surface area contributed by atoms with E-state index < -0.39 is 12.0 Å². The van der Waals surface area contributed by atoms with Crippen molar-refractivity contribution in [2.24, 2.45) is 0 Å². The van der Waals surface area contributed by atoms with Crippen molar-refractivity contribution in [3.8, 4) is 0 Å². The van der Waals surface area contributed by atoms with Gasteiger partial charge in [0.1, 0.15) is 12.6 Å². The first kappa shape index (κ1) is 20.5. The van der Waals surface area contributed by atoms with Crippen LogP contribution in [0.25, 0.3) is 0 Å². The van der Waals surface area contributed by atoms with Crippen LogP contribution in [0.15, 0.2) is 60.7 Å². The molecule has 2 aromatic rings. The van der Waals surface area contributed by atoms with E-state index in [-0.39, 0.29) is 12.6 Å². The van der Waals surface area contributed by atoms with Crippen LogP contribution >= 0.6 is 0 Å². The topological polar surface area (TPSA) is 70.7 Å². The summed E-state index contributed by atoms with van der Waals surface area (Å²) in [5, 5.41) is 5.79. The number of carbonyl (C=O) groups is 2. The summed E-state index contributed by atoms with van der Waals surface area (Å²) in [5.74, 6) is -0.446. The number of amides is 2. The van der Waals surface area contributed by atoms with Crippen molar-refractivity contribution in [1.82, 2.24) is 15.5 Å². The Kier molecular flexibility index (Phi) is 8.32. The zero-order valence-corrected chi connectivity index (χ0v) is 15.9. The molecule has 0 unspecified atom stereocenters. The van der Waals surface area contributed by atoms with E-state index in [1.54, 1.807) is 11.9 Å². The lowest BCUT2D eigenvalue weighted by Gasteiger charge is -2.23. The van der Waals surface area contributed by atoms with Crippen LogP contribution in [-0.4, -0.2) is 50.1 Å². The molecule has 0 saturated heterocycles. The molecule has 0 spiro atoms. The fraction of sp³-hybridized carbons (Fsp3) is 0.333. The van der Waals surface area contributed by atoms with Gasteiger partial charge in [-0.15, -0.1) is 0 Å². The SMILES string of the molecule is CNCCN(C)C(=O)N[C@@H](Cc1ccccc1)C(=O)OCc1ccccc1. The summed E-state index contributed by atoms with van der Waals surface area (Å²) in [5.41, 5.74) is 1.86. The quantitative estimate of drug-likeness (QED) is 0.665. The lowest BCUT2D eigenvalue weighted by atomic mass is 10.1. The fourth-order valence-electron chi connectivity index (χ4n) is 2.51. The predicted molar refractivity (Wildman–Crippen MR) is 105 cm³/mol. The second kappa shape index (κ2) is 11.0. The number of ether oxygens (including phenoxy) is 1. The van der Waals surface area contributed by atoms with E-state index >= 15 is 0 Å². The molecule has 2 N–H and O–H groups in total. The van der Waals surface area contributed by atoms with Gasteiger partial charge < -0.3 is 20.3 Å². The Bertz CT molecular complexity index is 707. The summed E-state index contributed by atoms with van der Waals surface area (Å²) in [6.45, 7) is 1.39. The minimum absolute atomic E-state index is 0.177. The molecule has 144 valence electrons. The number of urea groups is 1. The van der Waals surface area contributed by atoms with Gasteiger partial charge in [0.15, 0.2) is 0 Å². The van der Waals surface area contributed by atoms with Gasteiger partial charge in [-0.2, -0.15) is 0 Å². The second-order valence-electron chi connectivity index (χ2n) is 6.31. The molecule has 0 aliphatic heterocycles. The first-order valence-electron chi connectivity index (χ1n) is 9.01. The molecule has 2 rings (SSSR count). The lowest BCUT2D eigenvalue weighted by Crippen LogP contribution is -2.49. The first-order valence-corrected chi connectivity index (χ1v) is 9.01. The van der Waals surface area contributed by atoms with E-state index in [0.717, 1.165) is 11.1 Å². The third-order valence-corrected chi connectivity index (χ3v) is 4.13. The minimum atomic E-state index is -0.749. The normalized spacial score (nSPS) is 11.5. The first-order chi connectivity index (χ1) is 13.1. The number of nitrogens with one attached hydrogen (secondary N) is 2. The molecule has 0 bridgehead atoms. The summed E-state index contributed by atoms with van der Waals surface area (Å²) < 4.78 is 5.44. The van der Waals surface area contributed by atoms with Crippen LogP contribution in [0.5, 0.6) is 0 Å². The van der Waals surface area contributed by atoms with Crippen LogP contribution in [0, 0.1) is 0 Å². The van der Waals surface area contributed by atoms with Gasteiger partial charge in [0.2, 0.25) is 0 Å². The van der Waals surface area contributed by atoms with Crippen LogP contribution in [0.4, 0.5) is 4.79 Å². The third kappa shape index (κ3) is 7.11. The van der Waals surface area contributed by atoms with Crippen molar-refractivity contribution in [3.05, 3.63) is 71.8 Å². The van der Waals surface area contributed by atoms with Gasteiger partial charge in [-0.1, -0.05) is 60.7 Å². The Morgan fingerprint density at radius 1 is 1.00 bits per heavy atom. The van der Waals surface area contributed by atoms with Gasteiger partial charge in [0.05, 0.1) is 0 Å². The molecule has 0 aliphatic rings. The van der Waals surface area contributed by atoms with Crippen LogP contribution in [0.1, 0.15) is 11.1 Å². The van der Waals surface area contributed by atoms with Crippen molar-refractivity contribution in [2.75, 3.05) is 27.2 Å². The van der Waals surface area contributed by atoms with Crippen LogP contribution in [0.3, 0.4) is 0 Å². The van der Waals surface area contributed by atoms with E-state index in [1.165, 1.54) is 0 Å². The predicted octanol–water partition coefficient (Wildman–Crippen LogP) is 2.20. The Labute approximate surface area is 160 Å². The van der Waals surface area contributed by atoms with Gasteiger partial charge in [-0.05, 0) is 18.2 Å². The van der Waals surface area contributed by atoms with E-state index in [4.69, 9.17) is 4.74 Å². The smallest absolute Gasteiger partial charge is 0.329 e. The minimum Gasteiger partial charge on any atom is -0.459 e. The number of likely N-dealkylation sites (N-methyl/N-ethyl adjacent to an activating group) is 2. The largest absolute Gasteiger partial charge is 0.459 e. The summed E-state index contributed by atoms with van der Waals surface area (Å²) >= 11 is 0. The molecule has 6 heteroatoms. The summed E-state index contributed by atoms with van der Waals surface area (Å²) in [6.07, 6.45) is 0.375. The highest BCUT2D eigenvalue weighted by Gasteiger charge is 2.24. The highest BCUT2D eigenvalue weighted by molar-refractivity contribution is 5.83. The number of benzene rings is 2. The van der Waals surface area contributed by atoms with Gasteiger partial charge in [-0.25, -0.2) is 9.59 Å². The molecule has 0 aliphatic carbocycles. The summed E-state index contributed by atoms with van der Waals surface area (Å²) in [4.78, 5) is 26.6. The maximum absolute atomic E-state index is 12.6. The van der Waals surface area contributed by atoms with Crippen molar-refractivity contribution < 1.29 is 14.3 Å². The third-order valence-electron chi connectivity index (χ3n) is 4.13. The Morgan fingerprint density at radius 2 is 1.59 bits per heavy atom. The molecule has 1 atom stereocenters. The Balaban J connectivity index is 2.01. The van der Waals surface area contributed by atoms with Gasteiger partial charge >= 0.3 is 12.0 Å². The van der Waals surface area contributed by atoms with Crippen LogP contribution < -0.4 is 10.6 Å². The maximum atomic E-state index is 12.6. The van der Waals surface area contributed by atoms with E-state index in [2.05, 4.69) is 10.6 Å². The van der Waals surface area contributed by atoms with Crippen molar-refractivity contribution >= 4 is 12.0 Å². The molecule has 6 nitrogen and oxygen atoms in total. The number of rotatable bonds is 9. The molecule has 0 saturated carbocycles. The Hall–Kier alpha value is -2.86. The molecule has 0 aromatic heterocycles. The van der Waals surface area contributed by atoms with Crippen molar-refractivity contribution in [3.63, 3.8) is 0 Å². The number of hydrogen-bond acceptors (Lipinski definition) is 4. The zero-order chi connectivity index (χ0) is 19.5. The molecule has 2 amide bonds. The average molecular weight is 369 g/mol. The number of hydrogen-bond donors (Lipinski definition) is 2. The molecule has 27 heavy (non-hydrogen) atoms. The Morgan fingerprint density at radius 3 is 2.19 bits per heavy atom.